The van der Waals surface area contributed by atoms with Crippen molar-refractivity contribution in [1.82, 2.24) is 9.80 Å². The predicted molar refractivity (Wildman–Crippen MR) is 78.8 cm³/mol. The fraction of sp³-hybridized carbons (Fsp3) is 0.571. The highest BCUT2D eigenvalue weighted by Gasteiger charge is 2.26. The molecule has 6 heteroatoms. The summed E-state index contributed by atoms with van der Waals surface area (Å²) in [5, 5.41) is 0. The van der Waals surface area contributed by atoms with Crippen LogP contribution in [-0.4, -0.2) is 60.6 Å². The summed E-state index contributed by atoms with van der Waals surface area (Å²) in [6.07, 6.45) is 2.83. The van der Waals surface area contributed by atoms with Gasteiger partial charge in [0, 0.05) is 51.4 Å². The van der Waals surface area contributed by atoms with E-state index in [0.29, 0.717) is 50.7 Å². The molecular weight excluding hydrogens is 256 g/mol. The molecule has 0 amide bonds. The standard InChI is InChI=1S/C14H24N4O2/c1-3-17(7-5-15)11-9-14(20)12(10-13(11)19)18(4-2)8-6-16/h9-10H,3-8,15-16H2,1-2H3. The van der Waals surface area contributed by atoms with Crippen LogP contribution in [0.2, 0.25) is 0 Å². The molecule has 6 nitrogen and oxygen atoms in total. The van der Waals surface area contributed by atoms with Gasteiger partial charge in [-0.15, -0.1) is 0 Å². The van der Waals surface area contributed by atoms with E-state index in [-0.39, 0.29) is 11.6 Å². The lowest BCUT2D eigenvalue weighted by molar-refractivity contribution is -0.117. The Balaban J connectivity index is 2.95. The lowest BCUT2D eigenvalue weighted by Crippen LogP contribution is -2.37. The third-order valence-electron chi connectivity index (χ3n) is 3.28. The maximum atomic E-state index is 12.2. The number of allylic oxidation sites excluding steroid dienone is 2. The second kappa shape index (κ2) is 7.81. The molecule has 0 aromatic carbocycles. The van der Waals surface area contributed by atoms with Crippen molar-refractivity contribution in [2.45, 2.75) is 13.8 Å². The molecule has 0 unspecified atom stereocenters. The van der Waals surface area contributed by atoms with Crippen LogP contribution < -0.4 is 11.5 Å². The van der Waals surface area contributed by atoms with Gasteiger partial charge in [0.1, 0.15) is 0 Å². The molecule has 20 heavy (non-hydrogen) atoms. The molecule has 1 rings (SSSR count). The van der Waals surface area contributed by atoms with Crippen LogP contribution in [0.25, 0.3) is 0 Å². The Morgan fingerprint density at radius 3 is 1.45 bits per heavy atom. The van der Waals surface area contributed by atoms with E-state index in [0.717, 1.165) is 0 Å². The molecule has 0 saturated carbocycles. The number of carbonyl (C=O) groups excluding carboxylic acids is 2. The summed E-state index contributed by atoms with van der Waals surface area (Å²) < 4.78 is 0. The Labute approximate surface area is 120 Å². The van der Waals surface area contributed by atoms with E-state index < -0.39 is 0 Å². The maximum absolute atomic E-state index is 12.2. The number of likely N-dealkylation sites (N-methyl/N-ethyl adjacent to an activating group) is 2. The molecule has 0 aromatic rings. The van der Waals surface area contributed by atoms with Gasteiger partial charge >= 0.3 is 0 Å². The molecule has 0 aliphatic heterocycles. The molecule has 0 spiro atoms. The van der Waals surface area contributed by atoms with Gasteiger partial charge in [0.2, 0.25) is 11.6 Å². The minimum Gasteiger partial charge on any atom is -0.367 e. The zero-order valence-electron chi connectivity index (χ0n) is 12.3. The average Bonchev–Trinajstić information content (AvgIpc) is 2.44. The summed E-state index contributed by atoms with van der Waals surface area (Å²) in [6, 6.07) is 0. The van der Waals surface area contributed by atoms with E-state index in [1.165, 1.54) is 12.2 Å². The molecule has 1 aliphatic carbocycles. The largest absolute Gasteiger partial charge is 0.367 e. The third-order valence-corrected chi connectivity index (χ3v) is 3.28. The topological polar surface area (TPSA) is 92.7 Å². The number of rotatable bonds is 8. The van der Waals surface area contributed by atoms with Crippen molar-refractivity contribution in [3.63, 3.8) is 0 Å². The quantitative estimate of drug-likeness (QED) is 0.581. The van der Waals surface area contributed by atoms with Crippen LogP contribution in [0.15, 0.2) is 23.5 Å². The minimum absolute atomic E-state index is 0.148. The Morgan fingerprint density at radius 1 is 0.850 bits per heavy atom. The number of ketones is 2. The van der Waals surface area contributed by atoms with E-state index in [1.807, 2.05) is 23.6 Å². The predicted octanol–water partition coefficient (Wildman–Crippen LogP) is -0.533. The van der Waals surface area contributed by atoms with Crippen LogP contribution in [0.5, 0.6) is 0 Å². The number of nitrogens with two attached hydrogens (primary N) is 2. The number of nitrogens with zero attached hydrogens (tertiary/aromatic N) is 2. The molecule has 0 radical (unpaired) electrons. The summed E-state index contributed by atoms with van der Waals surface area (Å²) in [7, 11) is 0. The second-order valence-electron chi connectivity index (χ2n) is 4.52. The first-order chi connectivity index (χ1) is 9.58. The van der Waals surface area contributed by atoms with Crippen molar-refractivity contribution >= 4 is 11.6 Å². The van der Waals surface area contributed by atoms with Crippen LogP contribution in [0.4, 0.5) is 0 Å². The molecule has 4 N–H and O–H groups in total. The smallest absolute Gasteiger partial charge is 0.204 e. The van der Waals surface area contributed by atoms with Gasteiger partial charge in [-0.3, -0.25) is 9.59 Å². The molecule has 112 valence electrons. The van der Waals surface area contributed by atoms with E-state index in [4.69, 9.17) is 11.5 Å². The number of hydrogen-bond donors (Lipinski definition) is 2. The van der Waals surface area contributed by atoms with Crippen LogP contribution in [0.1, 0.15) is 13.8 Å². The fourth-order valence-electron chi connectivity index (χ4n) is 2.24. The van der Waals surface area contributed by atoms with Crippen LogP contribution in [0.3, 0.4) is 0 Å². The first-order valence-electron chi connectivity index (χ1n) is 7.01. The zero-order valence-corrected chi connectivity index (χ0v) is 12.3. The minimum atomic E-state index is -0.148. The summed E-state index contributed by atoms with van der Waals surface area (Å²) in [5.41, 5.74) is 11.9. The summed E-state index contributed by atoms with van der Waals surface area (Å²) in [4.78, 5) is 28.1. The molecule has 1 aliphatic rings. The zero-order chi connectivity index (χ0) is 15.1. The summed E-state index contributed by atoms with van der Waals surface area (Å²) in [6.45, 7) is 7.15. The highest BCUT2D eigenvalue weighted by Crippen LogP contribution is 2.18. The Hall–Kier alpha value is -1.66. The van der Waals surface area contributed by atoms with Crippen molar-refractivity contribution < 1.29 is 9.59 Å². The van der Waals surface area contributed by atoms with Gasteiger partial charge in [-0.2, -0.15) is 0 Å². The van der Waals surface area contributed by atoms with Crippen molar-refractivity contribution in [1.29, 1.82) is 0 Å². The van der Waals surface area contributed by atoms with Crippen LogP contribution >= 0.6 is 0 Å². The first-order valence-corrected chi connectivity index (χ1v) is 7.01. The van der Waals surface area contributed by atoms with Gasteiger partial charge < -0.3 is 21.3 Å². The average molecular weight is 280 g/mol. The highest BCUT2D eigenvalue weighted by atomic mass is 16.1. The monoisotopic (exact) mass is 280 g/mol. The molecule has 0 saturated heterocycles. The normalized spacial score (nSPS) is 15.0. The molecule has 0 bridgehead atoms. The van der Waals surface area contributed by atoms with Gasteiger partial charge in [-0.05, 0) is 13.8 Å². The van der Waals surface area contributed by atoms with Gasteiger partial charge in [-0.1, -0.05) is 0 Å². The van der Waals surface area contributed by atoms with Crippen molar-refractivity contribution in [2.24, 2.45) is 11.5 Å². The Kier molecular flexibility index (Phi) is 6.41. The van der Waals surface area contributed by atoms with Gasteiger partial charge in [-0.25, -0.2) is 0 Å². The van der Waals surface area contributed by atoms with Gasteiger partial charge in [0.15, 0.2) is 0 Å². The van der Waals surface area contributed by atoms with Crippen LogP contribution in [0, 0.1) is 0 Å². The molecular formula is C14H24N4O2. The van der Waals surface area contributed by atoms with Crippen molar-refractivity contribution in [2.75, 3.05) is 39.3 Å². The number of carbonyl (C=O) groups is 2. The first kappa shape index (κ1) is 16.4. The summed E-state index contributed by atoms with van der Waals surface area (Å²) >= 11 is 0. The van der Waals surface area contributed by atoms with Crippen molar-refractivity contribution in [3.05, 3.63) is 23.5 Å². The molecule has 0 heterocycles. The van der Waals surface area contributed by atoms with Gasteiger partial charge in [0.05, 0.1) is 11.4 Å². The lowest BCUT2D eigenvalue weighted by Gasteiger charge is -2.29. The Bertz CT molecular complexity index is 389. The maximum Gasteiger partial charge on any atom is 0.204 e. The van der Waals surface area contributed by atoms with E-state index in [9.17, 15) is 9.59 Å². The lowest BCUT2D eigenvalue weighted by atomic mass is 10.0. The van der Waals surface area contributed by atoms with Crippen molar-refractivity contribution in [3.8, 4) is 0 Å². The number of hydrogen-bond acceptors (Lipinski definition) is 6. The van der Waals surface area contributed by atoms with E-state index in [1.54, 1.807) is 0 Å². The van der Waals surface area contributed by atoms with E-state index in [2.05, 4.69) is 0 Å². The molecule has 0 aromatic heterocycles. The van der Waals surface area contributed by atoms with Gasteiger partial charge in [0.25, 0.3) is 0 Å². The molecule has 0 fully saturated rings. The second-order valence-corrected chi connectivity index (χ2v) is 4.52. The van der Waals surface area contributed by atoms with E-state index >= 15 is 0 Å². The Morgan fingerprint density at radius 2 is 1.20 bits per heavy atom. The third kappa shape index (κ3) is 3.68. The molecule has 0 atom stereocenters. The highest BCUT2D eigenvalue weighted by molar-refractivity contribution is 6.19. The van der Waals surface area contributed by atoms with Crippen LogP contribution in [-0.2, 0) is 9.59 Å². The summed E-state index contributed by atoms with van der Waals surface area (Å²) in [5.74, 6) is -0.296. The SMILES string of the molecule is CCN(CCN)C1=CC(=O)C(N(CC)CCN)=CC1=O. The fourth-order valence-corrected chi connectivity index (χ4v) is 2.24.